The molecule has 1 rings (SSSR count). The van der Waals surface area contributed by atoms with Crippen molar-refractivity contribution in [3.05, 3.63) is 35.4 Å². The van der Waals surface area contributed by atoms with E-state index in [2.05, 4.69) is 13.8 Å². The number of ether oxygens (including phenoxy) is 2. The maximum atomic E-state index is 12.0. The molecule has 3 nitrogen and oxygen atoms in total. The molecular weight excluding hydrogens is 272 g/mol. The molecule has 0 spiro atoms. The van der Waals surface area contributed by atoms with Crippen molar-refractivity contribution in [2.24, 2.45) is 0 Å². The van der Waals surface area contributed by atoms with Crippen LogP contribution in [-0.2, 0) is 9.47 Å². The average Bonchev–Trinajstić information content (AvgIpc) is 2.47. The number of esters is 1. The van der Waals surface area contributed by atoms with E-state index in [1.165, 1.54) is 0 Å². The Morgan fingerprint density at radius 1 is 1.00 bits per heavy atom. The van der Waals surface area contributed by atoms with Gasteiger partial charge in [0.1, 0.15) is 0 Å². The molecule has 0 aromatic heterocycles. The molecule has 1 aromatic carbocycles. The zero-order chi connectivity index (χ0) is 14.8. The summed E-state index contributed by atoms with van der Waals surface area (Å²) in [7, 11) is 0. The van der Waals surface area contributed by atoms with E-state index in [-0.39, 0.29) is 5.97 Å². The summed E-state index contributed by atoms with van der Waals surface area (Å²) < 4.78 is 10.7. The minimum atomic E-state index is -0.338. The molecule has 4 heteroatoms. The highest BCUT2D eigenvalue weighted by Crippen LogP contribution is 2.13. The second kappa shape index (κ2) is 9.48. The van der Waals surface area contributed by atoms with Gasteiger partial charge in [-0.3, -0.25) is 0 Å². The third-order valence-corrected chi connectivity index (χ3v) is 3.17. The molecule has 0 aliphatic heterocycles. The fraction of sp³-hybridized carbons (Fsp3) is 0.500. The minimum absolute atomic E-state index is 0.338. The molecule has 1 aromatic rings. The SMILES string of the molecule is CCCCOC(=O)c1ccccc1C(=S)OCCCC. The molecule has 0 N–H and O–H groups in total. The highest BCUT2D eigenvalue weighted by molar-refractivity contribution is 7.80. The third-order valence-electron chi connectivity index (χ3n) is 2.83. The molecule has 0 saturated carbocycles. The van der Waals surface area contributed by atoms with Gasteiger partial charge in [-0.2, -0.15) is 0 Å². The van der Waals surface area contributed by atoms with E-state index in [1.54, 1.807) is 18.2 Å². The van der Waals surface area contributed by atoms with Gasteiger partial charge in [0, 0.05) is 5.56 Å². The van der Waals surface area contributed by atoms with Crippen molar-refractivity contribution >= 4 is 23.2 Å². The van der Waals surface area contributed by atoms with Gasteiger partial charge < -0.3 is 9.47 Å². The summed E-state index contributed by atoms with van der Waals surface area (Å²) >= 11 is 5.25. The van der Waals surface area contributed by atoms with Crippen molar-refractivity contribution in [3.63, 3.8) is 0 Å². The Morgan fingerprint density at radius 3 is 2.15 bits per heavy atom. The molecule has 20 heavy (non-hydrogen) atoms. The fourth-order valence-corrected chi connectivity index (χ4v) is 1.87. The monoisotopic (exact) mass is 294 g/mol. The number of unbranched alkanes of at least 4 members (excludes halogenated alkanes) is 2. The van der Waals surface area contributed by atoms with E-state index in [4.69, 9.17) is 21.7 Å². The number of rotatable bonds is 8. The molecule has 0 amide bonds. The molecule has 110 valence electrons. The summed E-state index contributed by atoms with van der Waals surface area (Å²) in [6, 6.07) is 7.16. The molecule has 0 atom stereocenters. The van der Waals surface area contributed by atoms with Crippen molar-refractivity contribution in [3.8, 4) is 0 Å². The molecular formula is C16H22O3S. The highest BCUT2D eigenvalue weighted by atomic mass is 32.1. The van der Waals surface area contributed by atoms with E-state index < -0.39 is 0 Å². The van der Waals surface area contributed by atoms with E-state index in [1.807, 2.05) is 6.07 Å². The van der Waals surface area contributed by atoms with Crippen molar-refractivity contribution in [2.75, 3.05) is 13.2 Å². The minimum Gasteiger partial charge on any atom is -0.483 e. The van der Waals surface area contributed by atoms with Crippen LogP contribution in [0.3, 0.4) is 0 Å². The van der Waals surface area contributed by atoms with Gasteiger partial charge in [-0.05, 0) is 37.2 Å². The Kier molecular flexibility index (Phi) is 7.88. The number of hydrogen-bond acceptors (Lipinski definition) is 4. The van der Waals surface area contributed by atoms with Gasteiger partial charge in [0.2, 0.25) is 0 Å². The van der Waals surface area contributed by atoms with Crippen LogP contribution < -0.4 is 0 Å². The van der Waals surface area contributed by atoms with Crippen LogP contribution in [0.5, 0.6) is 0 Å². The smallest absolute Gasteiger partial charge is 0.338 e. The number of thiocarbonyl (C=S) groups is 1. The standard InChI is InChI=1S/C16H22O3S/c1-3-5-11-18-15(17)13-9-7-8-10-14(13)16(20)19-12-6-4-2/h7-10H,3-6,11-12H2,1-2H3. The van der Waals surface area contributed by atoms with Gasteiger partial charge in [0.05, 0.1) is 18.8 Å². The number of hydrogen-bond donors (Lipinski definition) is 0. The first-order valence-electron chi connectivity index (χ1n) is 7.14. The lowest BCUT2D eigenvalue weighted by Gasteiger charge is -2.11. The van der Waals surface area contributed by atoms with Gasteiger partial charge in [-0.15, -0.1) is 0 Å². The van der Waals surface area contributed by atoms with Crippen LogP contribution in [0, 0.1) is 0 Å². The van der Waals surface area contributed by atoms with Crippen LogP contribution in [0.1, 0.15) is 55.5 Å². The average molecular weight is 294 g/mol. The highest BCUT2D eigenvalue weighted by Gasteiger charge is 2.16. The Bertz CT molecular complexity index is 402. The van der Waals surface area contributed by atoms with Crippen LogP contribution in [0.25, 0.3) is 0 Å². The third kappa shape index (κ3) is 5.29. The Hall–Kier alpha value is -1.42. The fourth-order valence-electron chi connectivity index (χ4n) is 1.61. The molecule has 0 saturated heterocycles. The zero-order valence-corrected chi connectivity index (χ0v) is 13.0. The molecule has 0 aliphatic rings. The lowest BCUT2D eigenvalue weighted by Crippen LogP contribution is -2.14. The summed E-state index contributed by atoms with van der Waals surface area (Å²) in [6.45, 7) is 5.16. The topological polar surface area (TPSA) is 35.5 Å². The normalized spacial score (nSPS) is 10.1. The van der Waals surface area contributed by atoms with Crippen molar-refractivity contribution in [1.82, 2.24) is 0 Å². The Labute approximate surface area is 126 Å². The van der Waals surface area contributed by atoms with E-state index in [0.717, 1.165) is 25.7 Å². The summed E-state index contributed by atoms with van der Waals surface area (Å²) in [6.07, 6.45) is 3.85. The van der Waals surface area contributed by atoms with E-state index in [0.29, 0.717) is 29.4 Å². The first-order valence-corrected chi connectivity index (χ1v) is 7.54. The van der Waals surface area contributed by atoms with Crippen molar-refractivity contribution < 1.29 is 14.3 Å². The van der Waals surface area contributed by atoms with E-state index >= 15 is 0 Å². The predicted molar refractivity (Wildman–Crippen MR) is 84.2 cm³/mol. The number of carbonyl (C=O) groups excluding carboxylic acids is 1. The molecule has 0 fully saturated rings. The maximum Gasteiger partial charge on any atom is 0.338 e. The first kappa shape index (κ1) is 16.6. The van der Waals surface area contributed by atoms with E-state index in [9.17, 15) is 4.79 Å². The van der Waals surface area contributed by atoms with Crippen LogP contribution in [0.2, 0.25) is 0 Å². The van der Waals surface area contributed by atoms with Crippen LogP contribution in [0.4, 0.5) is 0 Å². The van der Waals surface area contributed by atoms with Gasteiger partial charge in [0.25, 0.3) is 0 Å². The lowest BCUT2D eigenvalue weighted by molar-refractivity contribution is 0.0499. The second-order valence-corrected chi connectivity index (χ2v) is 4.90. The molecule has 0 heterocycles. The summed E-state index contributed by atoms with van der Waals surface area (Å²) in [4.78, 5) is 12.0. The summed E-state index contributed by atoms with van der Waals surface area (Å²) in [5.74, 6) is -0.338. The second-order valence-electron chi connectivity index (χ2n) is 4.52. The van der Waals surface area contributed by atoms with Crippen molar-refractivity contribution in [2.45, 2.75) is 39.5 Å². The van der Waals surface area contributed by atoms with Crippen LogP contribution in [-0.4, -0.2) is 24.2 Å². The van der Waals surface area contributed by atoms with Gasteiger partial charge in [-0.1, -0.05) is 38.8 Å². The van der Waals surface area contributed by atoms with Gasteiger partial charge in [-0.25, -0.2) is 4.79 Å². The maximum absolute atomic E-state index is 12.0. The summed E-state index contributed by atoms with van der Waals surface area (Å²) in [5, 5.41) is 0.362. The molecule has 0 radical (unpaired) electrons. The molecule has 0 unspecified atom stereocenters. The van der Waals surface area contributed by atoms with Crippen molar-refractivity contribution in [1.29, 1.82) is 0 Å². The molecule has 0 bridgehead atoms. The summed E-state index contributed by atoms with van der Waals surface area (Å²) in [5.41, 5.74) is 1.12. The van der Waals surface area contributed by atoms with Gasteiger partial charge >= 0.3 is 5.97 Å². The molecule has 0 aliphatic carbocycles. The first-order chi connectivity index (χ1) is 9.70. The quantitative estimate of drug-likeness (QED) is 0.410. The Balaban J connectivity index is 2.71. The van der Waals surface area contributed by atoms with Crippen LogP contribution in [0.15, 0.2) is 24.3 Å². The number of benzene rings is 1. The lowest BCUT2D eigenvalue weighted by atomic mass is 10.1. The number of carbonyl (C=O) groups is 1. The predicted octanol–water partition coefficient (Wildman–Crippen LogP) is 4.14. The largest absolute Gasteiger partial charge is 0.483 e. The zero-order valence-electron chi connectivity index (χ0n) is 12.2. The van der Waals surface area contributed by atoms with Gasteiger partial charge in [0.15, 0.2) is 5.05 Å². The Morgan fingerprint density at radius 2 is 1.55 bits per heavy atom. The van der Waals surface area contributed by atoms with Crippen LogP contribution >= 0.6 is 12.2 Å².